The van der Waals surface area contributed by atoms with E-state index in [2.05, 4.69) is 10.3 Å². The minimum Gasteiger partial charge on any atom is -0.464 e. The number of carbonyl (C=O) groups is 2. The SMILES string of the molecule is CCOC(=O)C(CCc1ccncc1)NC(C)=O. The van der Waals surface area contributed by atoms with Crippen LogP contribution in [0.4, 0.5) is 0 Å². The molecule has 0 saturated heterocycles. The predicted molar refractivity (Wildman–Crippen MR) is 66.8 cm³/mol. The molecule has 5 nitrogen and oxygen atoms in total. The van der Waals surface area contributed by atoms with Crippen molar-refractivity contribution in [3.05, 3.63) is 30.1 Å². The van der Waals surface area contributed by atoms with Gasteiger partial charge in [-0.2, -0.15) is 0 Å². The molecule has 1 heterocycles. The van der Waals surface area contributed by atoms with Gasteiger partial charge in [0, 0.05) is 19.3 Å². The van der Waals surface area contributed by atoms with E-state index in [4.69, 9.17) is 4.74 Å². The molecule has 98 valence electrons. The van der Waals surface area contributed by atoms with Crippen molar-refractivity contribution in [2.24, 2.45) is 0 Å². The molecule has 5 heteroatoms. The number of hydrogen-bond donors (Lipinski definition) is 1. The van der Waals surface area contributed by atoms with E-state index < -0.39 is 6.04 Å². The molecule has 1 aromatic rings. The number of hydrogen-bond acceptors (Lipinski definition) is 4. The molecule has 0 spiro atoms. The Morgan fingerprint density at radius 3 is 2.61 bits per heavy atom. The molecule has 0 saturated carbocycles. The number of nitrogens with zero attached hydrogens (tertiary/aromatic N) is 1. The zero-order valence-corrected chi connectivity index (χ0v) is 10.7. The van der Waals surface area contributed by atoms with Crippen LogP contribution in [0.1, 0.15) is 25.8 Å². The lowest BCUT2D eigenvalue weighted by atomic mass is 10.1. The number of esters is 1. The van der Waals surface area contributed by atoms with Crippen LogP contribution < -0.4 is 5.32 Å². The topological polar surface area (TPSA) is 68.3 Å². The first kappa shape index (κ1) is 14.2. The third kappa shape index (κ3) is 4.95. The number of nitrogens with one attached hydrogen (secondary N) is 1. The van der Waals surface area contributed by atoms with Crippen molar-refractivity contribution in [3.63, 3.8) is 0 Å². The van der Waals surface area contributed by atoms with Crippen LogP contribution in [0.15, 0.2) is 24.5 Å². The van der Waals surface area contributed by atoms with Gasteiger partial charge in [-0.1, -0.05) is 0 Å². The molecule has 18 heavy (non-hydrogen) atoms. The van der Waals surface area contributed by atoms with Crippen LogP contribution in [0.5, 0.6) is 0 Å². The molecule has 1 rings (SSSR count). The van der Waals surface area contributed by atoms with Crippen molar-refractivity contribution in [3.8, 4) is 0 Å². The normalized spacial score (nSPS) is 11.7. The lowest BCUT2D eigenvalue weighted by Gasteiger charge is -2.16. The highest BCUT2D eigenvalue weighted by molar-refractivity contribution is 5.83. The van der Waals surface area contributed by atoms with Crippen molar-refractivity contribution in [2.75, 3.05) is 6.61 Å². The van der Waals surface area contributed by atoms with Crippen molar-refractivity contribution in [2.45, 2.75) is 32.7 Å². The zero-order valence-electron chi connectivity index (χ0n) is 10.7. The lowest BCUT2D eigenvalue weighted by molar-refractivity contribution is -0.147. The average Bonchev–Trinajstić information content (AvgIpc) is 2.35. The molecular formula is C13H18N2O3. The van der Waals surface area contributed by atoms with Crippen LogP contribution in [0.3, 0.4) is 0 Å². The van der Waals surface area contributed by atoms with Crippen LogP contribution in [-0.4, -0.2) is 29.5 Å². The second-order valence-electron chi connectivity index (χ2n) is 3.90. The Balaban J connectivity index is 2.55. The average molecular weight is 250 g/mol. The van der Waals surface area contributed by atoms with E-state index in [1.54, 1.807) is 19.3 Å². The molecule has 1 aromatic heterocycles. The highest BCUT2D eigenvalue weighted by atomic mass is 16.5. The van der Waals surface area contributed by atoms with Gasteiger partial charge in [0.25, 0.3) is 0 Å². The van der Waals surface area contributed by atoms with Gasteiger partial charge >= 0.3 is 5.97 Å². The Morgan fingerprint density at radius 1 is 1.39 bits per heavy atom. The standard InChI is InChI=1S/C13H18N2O3/c1-3-18-13(17)12(15-10(2)16)5-4-11-6-8-14-9-7-11/h6-9,12H,3-5H2,1-2H3,(H,15,16). The van der Waals surface area contributed by atoms with Gasteiger partial charge in [-0.05, 0) is 37.5 Å². The van der Waals surface area contributed by atoms with E-state index >= 15 is 0 Å². The van der Waals surface area contributed by atoms with Gasteiger partial charge in [-0.25, -0.2) is 4.79 Å². The van der Waals surface area contributed by atoms with Gasteiger partial charge in [0.2, 0.25) is 5.91 Å². The fourth-order valence-electron chi connectivity index (χ4n) is 1.60. The fraction of sp³-hybridized carbons (Fsp3) is 0.462. The second-order valence-corrected chi connectivity index (χ2v) is 3.90. The Bertz CT molecular complexity index is 392. The van der Waals surface area contributed by atoms with Gasteiger partial charge in [-0.3, -0.25) is 9.78 Å². The van der Waals surface area contributed by atoms with Crippen molar-refractivity contribution < 1.29 is 14.3 Å². The summed E-state index contributed by atoms with van der Waals surface area (Å²) in [5, 5.41) is 2.61. The molecule has 0 radical (unpaired) electrons. The summed E-state index contributed by atoms with van der Waals surface area (Å²) in [5.74, 6) is -0.621. The second kappa shape index (κ2) is 7.42. The highest BCUT2D eigenvalue weighted by Crippen LogP contribution is 2.05. The van der Waals surface area contributed by atoms with E-state index in [9.17, 15) is 9.59 Å². The van der Waals surface area contributed by atoms with Gasteiger partial charge in [-0.15, -0.1) is 0 Å². The quantitative estimate of drug-likeness (QED) is 0.767. The fourth-order valence-corrected chi connectivity index (χ4v) is 1.60. The van der Waals surface area contributed by atoms with Gasteiger partial charge in [0.15, 0.2) is 0 Å². The third-order valence-electron chi connectivity index (χ3n) is 2.42. The van der Waals surface area contributed by atoms with Crippen molar-refractivity contribution >= 4 is 11.9 Å². The van der Waals surface area contributed by atoms with Crippen LogP contribution in [0.2, 0.25) is 0 Å². The van der Waals surface area contributed by atoms with Crippen LogP contribution in [-0.2, 0) is 20.7 Å². The number of carbonyl (C=O) groups excluding carboxylic acids is 2. The Kier molecular flexibility index (Phi) is 5.84. The summed E-state index contributed by atoms with van der Waals surface area (Å²) in [6.07, 6.45) is 4.61. The Hall–Kier alpha value is -1.91. The zero-order chi connectivity index (χ0) is 13.4. The summed E-state index contributed by atoms with van der Waals surface area (Å²) in [5.41, 5.74) is 1.07. The first-order valence-corrected chi connectivity index (χ1v) is 5.96. The molecule has 0 aliphatic rings. The maximum absolute atomic E-state index is 11.7. The summed E-state index contributed by atoms with van der Waals surface area (Å²) in [7, 11) is 0. The number of amides is 1. The largest absolute Gasteiger partial charge is 0.464 e. The minimum absolute atomic E-state index is 0.234. The minimum atomic E-state index is -0.587. The van der Waals surface area contributed by atoms with Gasteiger partial charge in [0.1, 0.15) is 6.04 Å². The van der Waals surface area contributed by atoms with Crippen LogP contribution >= 0.6 is 0 Å². The third-order valence-corrected chi connectivity index (χ3v) is 2.42. The first-order valence-electron chi connectivity index (χ1n) is 5.96. The Morgan fingerprint density at radius 2 is 2.06 bits per heavy atom. The molecule has 0 aliphatic heterocycles. The molecule has 0 aliphatic carbocycles. The van der Waals surface area contributed by atoms with E-state index in [1.807, 2.05) is 12.1 Å². The summed E-state index contributed by atoms with van der Waals surface area (Å²) < 4.78 is 4.93. The van der Waals surface area contributed by atoms with E-state index in [1.165, 1.54) is 6.92 Å². The molecule has 1 atom stereocenters. The lowest BCUT2D eigenvalue weighted by Crippen LogP contribution is -2.41. The number of rotatable bonds is 6. The van der Waals surface area contributed by atoms with Gasteiger partial charge in [0.05, 0.1) is 6.61 Å². The monoisotopic (exact) mass is 250 g/mol. The molecule has 1 unspecified atom stereocenters. The molecule has 0 aromatic carbocycles. The smallest absolute Gasteiger partial charge is 0.328 e. The molecule has 0 fully saturated rings. The number of pyridine rings is 1. The summed E-state index contributed by atoms with van der Waals surface area (Å²) in [4.78, 5) is 26.6. The van der Waals surface area contributed by atoms with Crippen LogP contribution in [0, 0.1) is 0 Å². The maximum Gasteiger partial charge on any atom is 0.328 e. The number of aryl methyl sites for hydroxylation is 1. The summed E-state index contributed by atoms with van der Waals surface area (Å²) >= 11 is 0. The summed E-state index contributed by atoms with van der Waals surface area (Å²) in [6, 6.07) is 3.18. The first-order chi connectivity index (χ1) is 8.63. The van der Waals surface area contributed by atoms with Crippen LogP contribution in [0.25, 0.3) is 0 Å². The van der Waals surface area contributed by atoms with Gasteiger partial charge < -0.3 is 10.1 Å². The molecule has 1 amide bonds. The van der Waals surface area contributed by atoms with E-state index in [0.29, 0.717) is 19.4 Å². The molecular weight excluding hydrogens is 232 g/mol. The summed E-state index contributed by atoms with van der Waals surface area (Å²) in [6.45, 7) is 3.44. The van der Waals surface area contributed by atoms with E-state index in [-0.39, 0.29) is 11.9 Å². The predicted octanol–water partition coefficient (Wildman–Crippen LogP) is 1.08. The Labute approximate surface area is 107 Å². The molecule has 1 N–H and O–H groups in total. The van der Waals surface area contributed by atoms with Crippen molar-refractivity contribution in [1.82, 2.24) is 10.3 Å². The van der Waals surface area contributed by atoms with E-state index in [0.717, 1.165) is 5.56 Å². The number of aromatic nitrogens is 1. The molecule has 0 bridgehead atoms. The maximum atomic E-state index is 11.7. The highest BCUT2D eigenvalue weighted by Gasteiger charge is 2.20. The van der Waals surface area contributed by atoms with Crippen molar-refractivity contribution in [1.29, 1.82) is 0 Å². The number of ether oxygens (including phenoxy) is 1.